The standard InChI is InChI=1S/C28H42N6O3S/c1-18(29)37-25(30)20-9-8-10-21(15-20)38(35,36)34-24-16-19(13-14-28(24,5)6)22-11-12-23(26(31-7)33-22)32-17-27(2,3)4/h8-12,15,19,24,29-30,32,34H,13-14,16-17H2,1-7H3,(H,31,33). The molecule has 1 aliphatic carbocycles. The quantitative estimate of drug-likeness (QED) is 0.218. The predicted octanol–water partition coefficient (Wildman–Crippen LogP) is 5.56. The number of pyridine rings is 1. The highest BCUT2D eigenvalue weighted by Gasteiger charge is 2.40. The third kappa shape index (κ3) is 7.54. The molecule has 0 spiro atoms. The molecule has 0 radical (unpaired) electrons. The number of aromatic nitrogens is 1. The first-order valence-electron chi connectivity index (χ1n) is 13.0. The molecule has 0 saturated heterocycles. The van der Waals surface area contributed by atoms with E-state index in [2.05, 4.69) is 56.0 Å². The summed E-state index contributed by atoms with van der Waals surface area (Å²) in [6, 6.07) is 9.88. The zero-order chi connectivity index (χ0) is 28.3. The van der Waals surface area contributed by atoms with Crippen LogP contribution in [0.15, 0.2) is 41.3 Å². The second-order valence-electron chi connectivity index (χ2n) is 11.9. The number of rotatable bonds is 8. The molecule has 10 heteroatoms. The van der Waals surface area contributed by atoms with Gasteiger partial charge >= 0.3 is 0 Å². The summed E-state index contributed by atoms with van der Waals surface area (Å²) >= 11 is 0. The number of hydrogen-bond donors (Lipinski definition) is 5. The fraction of sp³-hybridized carbons (Fsp3) is 0.536. The van der Waals surface area contributed by atoms with Crippen LogP contribution in [-0.4, -0.2) is 44.8 Å². The van der Waals surface area contributed by atoms with E-state index in [0.717, 1.165) is 36.6 Å². The molecular weight excluding hydrogens is 500 g/mol. The van der Waals surface area contributed by atoms with Gasteiger partial charge in [-0.15, -0.1) is 0 Å². The lowest BCUT2D eigenvalue weighted by atomic mass is 9.69. The molecular formula is C28H42N6O3S. The van der Waals surface area contributed by atoms with Crippen LogP contribution in [-0.2, 0) is 14.8 Å². The number of nitrogens with zero attached hydrogens (tertiary/aromatic N) is 1. The van der Waals surface area contributed by atoms with E-state index < -0.39 is 10.0 Å². The molecule has 1 aromatic carbocycles. The van der Waals surface area contributed by atoms with E-state index in [-0.39, 0.29) is 39.5 Å². The molecule has 1 aliphatic rings. The number of ether oxygens (including phenoxy) is 1. The normalized spacial score (nSPS) is 19.4. The van der Waals surface area contributed by atoms with Crippen LogP contribution in [0.2, 0.25) is 0 Å². The average Bonchev–Trinajstić information content (AvgIpc) is 2.83. The Balaban J connectivity index is 1.81. The van der Waals surface area contributed by atoms with Gasteiger partial charge in [0.15, 0.2) is 5.90 Å². The van der Waals surface area contributed by atoms with Gasteiger partial charge in [0.1, 0.15) is 5.82 Å². The van der Waals surface area contributed by atoms with Gasteiger partial charge in [-0.05, 0) is 60.4 Å². The summed E-state index contributed by atoms with van der Waals surface area (Å²) in [5.41, 5.74) is 2.09. The zero-order valence-electron chi connectivity index (χ0n) is 23.5. The lowest BCUT2D eigenvalue weighted by Crippen LogP contribution is -2.48. The van der Waals surface area contributed by atoms with Crippen molar-refractivity contribution >= 4 is 33.3 Å². The van der Waals surface area contributed by atoms with E-state index in [1.165, 1.54) is 19.1 Å². The van der Waals surface area contributed by atoms with Crippen molar-refractivity contribution in [3.63, 3.8) is 0 Å². The van der Waals surface area contributed by atoms with Crippen molar-refractivity contribution in [3.8, 4) is 0 Å². The average molecular weight is 543 g/mol. The molecule has 2 unspecified atom stereocenters. The molecule has 0 aliphatic heterocycles. The third-order valence-electron chi connectivity index (χ3n) is 6.94. The summed E-state index contributed by atoms with van der Waals surface area (Å²) in [5, 5.41) is 22.1. The smallest absolute Gasteiger partial charge is 0.240 e. The highest BCUT2D eigenvalue weighted by molar-refractivity contribution is 7.89. The molecule has 1 heterocycles. The largest absolute Gasteiger partial charge is 0.426 e. The molecule has 0 amide bonds. The minimum Gasteiger partial charge on any atom is -0.426 e. The van der Waals surface area contributed by atoms with Crippen LogP contribution >= 0.6 is 0 Å². The van der Waals surface area contributed by atoms with E-state index in [1.807, 2.05) is 13.1 Å². The van der Waals surface area contributed by atoms with Crippen molar-refractivity contribution in [2.75, 3.05) is 24.2 Å². The van der Waals surface area contributed by atoms with Crippen molar-refractivity contribution in [3.05, 3.63) is 47.7 Å². The second-order valence-corrected chi connectivity index (χ2v) is 13.7. The van der Waals surface area contributed by atoms with Crippen molar-refractivity contribution in [2.45, 2.75) is 77.7 Å². The van der Waals surface area contributed by atoms with E-state index in [9.17, 15) is 8.42 Å². The molecule has 1 aromatic heterocycles. The molecule has 38 heavy (non-hydrogen) atoms. The van der Waals surface area contributed by atoms with E-state index in [1.54, 1.807) is 12.1 Å². The Morgan fingerprint density at radius 1 is 1.18 bits per heavy atom. The molecule has 208 valence electrons. The monoisotopic (exact) mass is 542 g/mol. The maximum atomic E-state index is 13.4. The van der Waals surface area contributed by atoms with Gasteiger partial charge in [-0.2, -0.15) is 0 Å². The van der Waals surface area contributed by atoms with Crippen molar-refractivity contribution in [1.29, 1.82) is 10.8 Å². The van der Waals surface area contributed by atoms with Crippen LogP contribution in [0, 0.1) is 21.6 Å². The number of nitrogens with one attached hydrogen (secondary N) is 5. The van der Waals surface area contributed by atoms with Crippen LogP contribution in [0.4, 0.5) is 11.5 Å². The predicted molar refractivity (Wildman–Crippen MR) is 154 cm³/mol. The van der Waals surface area contributed by atoms with Crippen LogP contribution in [0.1, 0.15) is 78.0 Å². The zero-order valence-corrected chi connectivity index (χ0v) is 24.3. The van der Waals surface area contributed by atoms with Gasteiger partial charge in [-0.3, -0.25) is 10.8 Å². The Labute approximate surface area is 227 Å². The maximum absolute atomic E-state index is 13.4. The Morgan fingerprint density at radius 3 is 2.53 bits per heavy atom. The number of benzene rings is 1. The first kappa shape index (κ1) is 29.6. The van der Waals surface area contributed by atoms with Gasteiger partial charge in [0.05, 0.1) is 10.6 Å². The number of sulfonamides is 1. The molecule has 1 fully saturated rings. The molecule has 2 aromatic rings. The summed E-state index contributed by atoms with van der Waals surface area (Å²) in [6.07, 6.45) is 2.40. The summed E-state index contributed by atoms with van der Waals surface area (Å²) in [4.78, 5) is 4.97. The van der Waals surface area contributed by atoms with Crippen LogP contribution in [0.3, 0.4) is 0 Å². The van der Waals surface area contributed by atoms with Gasteiger partial charge < -0.3 is 15.4 Å². The van der Waals surface area contributed by atoms with E-state index in [0.29, 0.717) is 12.0 Å². The summed E-state index contributed by atoms with van der Waals surface area (Å²) in [5.74, 6) is 0.502. The van der Waals surface area contributed by atoms with Crippen LogP contribution in [0.5, 0.6) is 0 Å². The molecule has 1 saturated carbocycles. The third-order valence-corrected chi connectivity index (χ3v) is 8.41. The Bertz CT molecular complexity index is 1280. The fourth-order valence-electron chi connectivity index (χ4n) is 4.59. The van der Waals surface area contributed by atoms with Gasteiger partial charge in [-0.25, -0.2) is 18.1 Å². The molecule has 9 nitrogen and oxygen atoms in total. The Kier molecular flexibility index (Phi) is 8.88. The summed E-state index contributed by atoms with van der Waals surface area (Å²) in [6.45, 7) is 13.0. The SMILES string of the molecule is CNc1nc(C2CCC(C)(C)C(NS(=O)(=O)c3cccc(C(=N)OC(C)=N)c3)C2)ccc1NCC(C)(C)C. The van der Waals surface area contributed by atoms with Gasteiger partial charge in [0, 0.05) is 43.7 Å². The highest BCUT2D eigenvalue weighted by atomic mass is 32.2. The Hall–Kier alpha value is -2.98. The van der Waals surface area contributed by atoms with Gasteiger partial charge in [0.25, 0.3) is 0 Å². The second kappa shape index (κ2) is 11.4. The lowest BCUT2D eigenvalue weighted by molar-refractivity contribution is 0.170. The Morgan fingerprint density at radius 2 is 1.89 bits per heavy atom. The summed E-state index contributed by atoms with van der Waals surface area (Å²) in [7, 11) is -2.00. The molecule has 3 rings (SSSR count). The van der Waals surface area contributed by atoms with Gasteiger partial charge in [-0.1, -0.05) is 40.7 Å². The first-order valence-corrected chi connectivity index (χ1v) is 14.5. The maximum Gasteiger partial charge on any atom is 0.240 e. The first-order chi connectivity index (χ1) is 17.6. The van der Waals surface area contributed by atoms with E-state index in [4.69, 9.17) is 20.5 Å². The van der Waals surface area contributed by atoms with Crippen LogP contribution < -0.4 is 15.4 Å². The lowest BCUT2D eigenvalue weighted by Gasteiger charge is -2.42. The summed E-state index contributed by atoms with van der Waals surface area (Å²) < 4.78 is 34.8. The number of anilines is 2. The number of hydrogen-bond acceptors (Lipinski definition) is 8. The minimum atomic E-state index is -3.86. The van der Waals surface area contributed by atoms with Crippen molar-refractivity contribution < 1.29 is 13.2 Å². The minimum absolute atomic E-state index is 0.0637. The molecule has 0 bridgehead atoms. The van der Waals surface area contributed by atoms with Crippen LogP contribution in [0.25, 0.3) is 0 Å². The van der Waals surface area contributed by atoms with Crippen molar-refractivity contribution in [1.82, 2.24) is 9.71 Å². The van der Waals surface area contributed by atoms with Crippen molar-refractivity contribution in [2.24, 2.45) is 10.8 Å². The van der Waals surface area contributed by atoms with E-state index >= 15 is 0 Å². The molecule has 5 N–H and O–H groups in total. The van der Waals surface area contributed by atoms with Gasteiger partial charge in [0.2, 0.25) is 15.9 Å². The fourth-order valence-corrected chi connectivity index (χ4v) is 6.05. The topological polar surface area (TPSA) is 140 Å². The molecule has 2 atom stereocenters. The highest BCUT2D eigenvalue weighted by Crippen LogP contribution is 2.43.